The van der Waals surface area contributed by atoms with E-state index in [4.69, 9.17) is 9.47 Å². The molecule has 0 saturated carbocycles. The Morgan fingerprint density at radius 1 is 0.903 bits per heavy atom. The number of hydrogen-bond acceptors (Lipinski definition) is 4. The fraction of sp³-hybridized carbons (Fsp3) is 0.263. The Morgan fingerprint density at radius 3 is 1.97 bits per heavy atom. The molecule has 0 aliphatic heterocycles. The Labute approximate surface area is 172 Å². The molecule has 0 N–H and O–H groups in total. The van der Waals surface area contributed by atoms with Crippen molar-refractivity contribution >= 4 is 17.6 Å². The summed E-state index contributed by atoms with van der Waals surface area (Å²) in [4.78, 5) is 26.3. The number of carbonyl (C=O) groups is 2. The summed E-state index contributed by atoms with van der Waals surface area (Å²) in [6.07, 6.45) is -4.84. The minimum atomic E-state index is -4.84. The maximum absolute atomic E-state index is 14.4. The highest BCUT2D eigenvalue weighted by atomic mass is 19.4. The van der Waals surface area contributed by atoms with E-state index in [0.717, 1.165) is 32.4 Å². The first-order valence-corrected chi connectivity index (χ1v) is 8.44. The quantitative estimate of drug-likeness (QED) is 0.484. The Balaban J connectivity index is 2.49. The molecule has 0 bridgehead atoms. The predicted octanol–water partition coefficient (Wildman–Crippen LogP) is 4.40. The molecule has 12 heteroatoms. The van der Waals surface area contributed by atoms with Crippen molar-refractivity contribution < 1.29 is 45.4 Å². The molecule has 31 heavy (non-hydrogen) atoms. The molecule has 0 heterocycles. The second kappa shape index (κ2) is 9.79. The second-order valence-electron chi connectivity index (χ2n) is 6.04. The lowest BCUT2D eigenvalue weighted by Gasteiger charge is -2.29. The summed E-state index contributed by atoms with van der Waals surface area (Å²) in [7, 11) is 2.17. The fourth-order valence-corrected chi connectivity index (χ4v) is 2.57. The van der Waals surface area contributed by atoms with Crippen molar-refractivity contribution in [3.63, 3.8) is 0 Å². The maximum Gasteiger partial charge on any atom is 0.416 e. The van der Waals surface area contributed by atoms with Crippen LogP contribution in [0.15, 0.2) is 36.4 Å². The van der Waals surface area contributed by atoms with Gasteiger partial charge in [0.25, 0.3) is 5.91 Å². The number of ether oxygens (including phenoxy) is 2. The Kier molecular flexibility index (Phi) is 7.63. The minimum absolute atomic E-state index is 0.157. The standard InChI is InChI=1S/C19H16F6N2O4/c1-30-9-26(15-7-6-11(8-14(15)22)19(23,24)25)18(29)27(10-31-2)17(28)16-12(20)4-3-5-13(16)21/h3-8H,9-10H2,1-2H3. The Morgan fingerprint density at radius 2 is 1.48 bits per heavy atom. The molecule has 0 spiro atoms. The third-order valence-electron chi connectivity index (χ3n) is 3.97. The van der Waals surface area contributed by atoms with Gasteiger partial charge in [-0.15, -0.1) is 0 Å². The molecule has 2 aromatic carbocycles. The molecular formula is C19H16F6N2O4. The third kappa shape index (κ3) is 5.33. The van der Waals surface area contributed by atoms with Crippen LogP contribution in [0.1, 0.15) is 15.9 Å². The lowest BCUT2D eigenvalue weighted by Crippen LogP contribution is -2.48. The SMILES string of the molecule is COCN(C(=O)c1c(F)cccc1F)C(=O)N(COC)c1ccc(C(F)(F)F)cc1F. The maximum atomic E-state index is 14.4. The molecule has 0 atom stereocenters. The van der Waals surface area contributed by atoms with Gasteiger partial charge in [-0.1, -0.05) is 6.07 Å². The molecule has 0 unspecified atom stereocenters. The van der Waals surface area contributed by atoms with E-state index in [-0.39, 0.29) is 11.0 Å². The van der Waals surface area contributed by atoms with Gasteiger partial charge in [0.2, 0.25) is 0 Å². The van der Waals surface area contributed by atoms with E-state index in [0.29, 0.717) is 17.0 Å². The van der Waals surface area contributed by atoms with Crippen LogP contribution in [0.5, 0.6) is 0 Å². The molecule has 0 radical (unpaired) electrons. The smallest absolute Gasteiger partial charge is 0.364 e. The van der Waals surface area contributed by atoms with Crippen molar-refractivity contribution in [1.29, 1.82) is 0 Å². The van der Waals surface area contributed by atoms with E-state index in [2.05, 4.69) is 0 Å². The molecule has 0 aromatic heterocycles. The van der Waals surface area contributed by atoms with Crippen molar-refractivity contribution in [2.45, 2.75) is 6.18 Å². The molecule has 0 aliphatic rings. The van der Waals surface area contributed by atoms with Gasteiger partial charge in [0.1, 0.15) is 36.5 Å². The van der Waals surface area contributed by atoms with E-state index in [9.17, 15) is 35.9 Å². The van der Waals surface area contributed by atoms with E-state index < -0.39 is 65.8 Å². The summed E-state index contributed by atoms with van der Waals surface area (Å²) in [5.41, 5.74) is -3.04. The van der Waals surface area contributed by atoms with Gasteiger partial charge in [0.15, 0.2) is 0 Å². The lowest BCUT2D eigenvalue weighted by molar-refractivity contribution is -0.137. The van der Waals surface area contributed by atoms with Crippen molar-refractivity contribution in [3.8, 4) is 0 Å². The van der Waals surface area contributed by atoms with Crippen molar-refractivity contribution in [2.24, 2.45) is 0 Å². The highest BCUT2D eigenvalue weighted by Crippen LogP contribution is 2.32. The van der Waals surface area contributed by atoms with Crippen LogP contribution in [-0.4, -0.2) is 44.5 Å². The fourth-order valence-electron chi connectivity index (χ4n) is 2.57. The van der Waals surface area contributed by atoms with Gasteiger partial charge in [0.05, 0.1) is 11.3 Å². The van der Waals surface area contributed by atoms with E-state index in [1.54, 1.807) is 0 Å². The molecular weight excluding hydrogens is 434 g/mol. The zero-order valence-electron chi connectivity index (χ0n) is 16.2. The number of urea groups is 1. The normalized spacial score (nSPS) is 11.4. The monoisotopic (exact) mass is 450 g/mol. The van der Waals surface area contributed by atoms with Crippen LogP contribution in [0.3, 0.4) is 0 Å². The lowest BCUT2D eigenvalue weighted by atomic mass is 10.1. The van der Waals surface area contributed by atoms with Crippen LogP contribution in [0.2, 0.25) is 0 Å². The molecule has 2 rings (SSSR count). The molecule has 2 aromatic rings. The van der Waals surface area contributed by atoms with Crippen molar-refractivity contribution in [3.05, 3.63) is 65.0 Å². The molecule has 3 amide bonds. The van der Waals surface area contributed by atoms with Crippen molar-refractivity contribution in [2.75, 3.05) is 32.6 Å². The van der Waals surface area contributed by atoms with E-state index in [1.165, 1.54) is 0 Å². The van der Waals surface area contributed by atoms with E-state index in [1.807, 2.05) is 0 Å². The van der Waals surface area contributed by atoms with Crippen LogP contribution in [0.25, 0.3) is 0 Å². The number of methoxy groups -OCH3 is 2. The number of carbonyl (C=O) groups excluding carboxylic acids is 2. The average molecular weight is 450 g/mol. The average Bonchev–Trinajstić information content (AvgIpc) is 2.69. The second-order valence-corrected chi connectivity index (χ2v) is 6.04. The first-order chi connectivity index (χ1) is 14.5. The number of nitrogens with zero attached hydrogens (tertiary/aromatic N) is 2. The summed E-state index contributed by atoms with van der Waals surface area (Å²) in [5.74, 6) is -5.42. The highest BCUT2D eigenvalue weighted by Gasteiger charge is 2.35. The number of hydrogen-bond donors (Lipinski definition) is 0. The zero-order valence-corrected chi connectivity index (χ0v) is 16.2. The molecule has 6 nitrogen and oxygen atoms in total. The van der Waals surface area contributed by atoms with E-state index >= 15 is 0 Å². The third-order valence-corrected chi connectivity index (χ3v) is 3.97. The largest absolute Gasteiger partial charge is 0.416 e. The van der Waals surface area contributed by atoms with Crippen LogP contribution in [0, 0.1) is 17.5 Å². The summed E-state index contributed by atoms with van der Waals surface area (Å²) in [6, 6.07) is 2.56. The van der Waals surface area contributed by atoms with Gasteiger partial charge in [-0.25, -0.2) is 22.9 Å². The van der Waals surface area contributed by atoms with Gasteiger partial charge < -0.3 is 9.47 Å². The van der Waals surface area contributed by atoms with Gasteiger partial charge in [0, 0.05) is 14.2 Å². The highest BCUT2D eigenvalue weighted by molar-refractivity contribution is 6.09. The first-order valence-electron chi connectivity index (χ1n) is 8.44. The predicted molar refractivity (Wildman–Crippen MR) is 95.6 cm³/mol. The summed E-state index contributed by atoms with van der Waals surface area (Å²) >= 11 is 0. The van der Waals surface area contributed by atoms with Crippen LogP contribution < -0.4 is 4.90 Å². The number of halogens is 6. The van der Waals surface area contributed by atoms with Crippen LogP contribution in [0.4, 0.5) is 36.8 Å². The first kappa shape index (κ1) is 24.2. The zero-order chi connectivity index (χ0) is 23.3. The van der Waals surface area contributed by atoms with Crippen molar-refractivity contribution in [1.82, 2.24) is 4.90 Å². The number of anilines is 1. The molecule has 0 fully saturated rings. The number of benzene rings is 2. The number of amides is 3. The number of alkyl halides is 3. The van der Waals surface area contributed by atoms with Gasteiger partial charge in [-0.2, -0.15) is 13.2 Å². The van der Waals surface area contributed by atoms with Crippen LogP contribution >= 0.6 is 0 Å². The Bertz CT molecular complexity index is 947. The van der Waals surface area contributed by atoms with Gasteiger partial charge >= 0.3 is 12.2 Å². The van der Waals surface area contributed by atoms with Gasteiger partial charge in [-0.05, 0) is 30.3 Å². The number of imide groups is 1. The summed E-state index contributed by atoms with van der Waals surface area (Å²) in [5, 5.41) is 0. The molecule has 0 saturated heterocycles. The van der Waals surface area contributed by atoms with Gasteiger partial charge in [-0.3, -0.25) is 9.69 Å². The number of rotatable bonds is 6. The summed E-state index contributed by atoms with van der Waals surface area (Å²) in [6.45, 7) is -1.50. The topological polar surface area (TPSA) is 59.1 Å². The summed E-state index contributed by atoms with van der Waals surface area (Å²) < 4.78 is 90.3. The molecule has 0 aliphatic carbocycles. The minimum Gasteiger partial charge on any atom is -0.364 e. The Hall–Kier alpha value is -3.12. The van der Waals surface area contributed by atoms with Crippen LogP contribution in [-0.2, 0) is 15.7 Å². The molecule has 168 valence electrons.